The second-order valence-electron chi connectivity index (χ2n) is 19.9. The Balaban J connectivity index is 0.000000160. The van der Waals surface area contributed by atoms with Crippen molar-refractivity contribution >= 4 is 48.6 Å². The van der Waals surface area contributed by atoms with Gasteiger partial charge in [-0.05, 0) is 169 Å². The number of hydrogen-bond donors (Lipinski definition) is 5. The van der Waals surface area contributed by atoms with Crippen molar-refractivity contribution in [2.24, 2.45) is 0 Å². The summed E-state index contributed by atoms with van der Waals surface area (Å²) in [6, 6.07) is 73.4. The maximum atomic E-state index is 9.63. The highest BCUT2D eigenvalue weighted by Crippen LogP contribution is 2.24. The van der Waals surface area contributed by atoms with Crippen LogP contribution in [0.5, 0.6) is 40.2 Å². The third-order valence-corrected chi connectivity index (χ3v) is 12.4. The molecule has 0 aromatic heterocycles. The number of aromatic hydroxyl groups is 5. The van der Waals surface area contributed by atoms with Crippen LogP contribution in [0, 0.1) is 34.6 Å². The van der Waals surface area contributed by atoms with Gasteiger partial charge in [0, 0.05) is 6.07 Å². The normalized spacial score (nSPS) is 10.9. The minimum Gasteiger partial charge on any atom is -0.508 e. The number of phenolic OH excluding ortho intramolecular Hbond substituents is 5. The van der Waals surface area contributed by atoms with E-state index in [0.717, 1.165) is 44.9 Å². The minimum absolute atomic E-state index is 0.0235. The number of benzene rings is 10. The second-order valence-corrected chi connectivity index (χ2v) is 19.9. The monoisotopic (exact) mass is 1080 g/mol. The number of ether oxygens (including phenoxy) is 2. The fourth-order valence-electron chi connectivity index (χ4n) is 8.59. The SMILES string of the molecule is Cc1cc(C)cc(/C=C/c2ccc(O)cc2)c1.Cc1cc(C)cc(/C=C/c2ccc(OCc3ccccc3)cc2)c1.Cc1cc(O)cc(/C=C/c2ccc(OCc3ccccc3)cc2)c1.Oc1ccc(/C=C/c2cc(O)cc(O)c2)cc1. The van der Waals surface area contributed by atoms with Crippen LogP contribution in [0.4, 0.5) is 0 Å². The highest BCUT2D eigenvalue weighted by molar-refractivity contribution is 5.73. The second kappa shape index (κ2) is 30.8. The summed E-state index contributed by atoms with van der Waals surface area (Å²) in [5, 5.41) is 46.5. The van der Waals surface area contributed by atoms with Crippen molar-refractivity contribution in [1.82, 2.24) is 0 Å². The third-order valence-electron chi connectivity index (χ3n) is 12.4. The molecule has 412 valence electrons. The molecule has 0 heterocycles. The van der Waals surface area contributed by atoms with Crippen molar-refractivity contribution in [3.05, 3.63) is 314 Å². The van der Waals surface area contributed by atoms with Gasteiger partial charge in [-0.2, -0.15) is 0 Å². The highest BCUT2D eigenvalue weighted by Gasteiger charge is 2.01. The lowest BCUT2D eigenvalue weighted by molar-refractivity contribution is 0.306. The predicted octanol–water partition coefficient (Wildman–Crippen LogP) is 18.7. The van der Waals surface area contributed by atoms with E-state index < -0.39 is 0 Å². The average molecular weight is 1080 g/mol. The lowest BCUT2D eigenvalue weighted by Gasteiger charge is -2.06. The van der Waals surface area contributed by atoms with Gasteiger partial charge in [0.25, 0.3) is 0 Å². The van der Waals surface area contributed by atoms with Crippen molar-refractivity contribution in [3.63, 3.8) is 0 Å². The van der Waals surface area contributed by atoms with Gasteiger partial charge in [-0.1, -0.05) is 223 Å². The van der Waals surface area contributed by atoms with Crippen LogP contribution in [0.1, 0.15) is 83.5 Å². The topological polar surface area (TPSA) is 120 Å². The van der Waals surface area contributed by atoms with Crippen LogP contribution in [-0.2, 0) is 13.2 Å². The van der Waals surface area contributed by atoms with Gasteiger partial charge < -0.3 is 35.0 Å². The quantitative estimate of drug-likeness (QED) is 0.0688. The Hall–Kier alpha value is -10.2. The first kappa shape index (κ1) is 59.4. The van der Waals surface area contributed by atoms with Crippen LogP contribution < -0.4 is 9.47 Å². The van der Waals surface area contributed by atoms with Crippen LogP contribution in [0.3, 0.4) is 0 Å². The molecule has 0 saturated carbocycles. The molecule has 7 nitrogen and oxygen atoms in total. The number of rotatable bonds is 14. The first-order valence-electron chi connectivity index (χ1n) is 27.0. The van der Waals surface area contributed by atoms with Gasteiger partial charge in [-0.15, -0.1) is 0 Å². The van der Waals surface area contributed by atoms with Gasteiger partial charge in [0.1, 0.15) is 53.5 Å². The summed E-state index contributed by atoms with van der Waals surface area (Å²) in [6.45, 7) is 11.6. The van der Waals surface area contributed by atoms with Crippen molar-refractivity contribution in [1.29, 1.82) is 0 Å². The zero-order valence-electron chi connectivity index (χ0n) is 47.0. The molecule has 7 heteroatoms. The molecular formula is C75H70O7. The average Bonchev–Trinajstić information content (AvgIpc) is 3.50. The van der Waals surface area contributed by atoms with Crippen molar-refractivity contribution in [2.75, 3.05) is 0 Å². The molecule has 0 aliphatic carbocycles. The minimum atomic E-state index is 0.0235. The van der Waals surface area contributed by atoms with Gasteiger partial charge in [0.15, 0.2) is 0 Å². The molecular weight excluding hydrogens is 1010 g/mol. The molecule has 10 aromatic rings. The molecule has 0 fully saturated rings. The molecule has 0 amide bonds. The smallest absolute Gasteiger partial charge is 0.119 e. The zero-order chi connectivity index (χ0) is 58.1. The maximum absolute atomic E-state index is 9.63. The molecule has 0 aliphatic rings. The highest BCUT2D eigenvalue weighted by atomic mass is 16.5. The third kappa shape index (κ3) is 21.5. The van der Waals surface area contributed by atoms with E-state index in [-0.39, 0.29) is 17.2 Å². The maximum Gasteiger partial charge on any atom is 0.119 e. The van der Waals surface area contributed by atoms with Crippen LogP contribution >= 0.6 is 0 Å². The summed E-state index contributed by atoms with van der Waals surface area (Å²) < 4.78 is 11.6. The van der Waals surface area contributed by atoms with E-state index in [4.69, 9.17) is 14.6 Å². The lowest BCUT2D eigenvalue weighted by atomic mass is 10.1. The standard InChI is InChI=1S/C23H22O.C22H20O2.C16H16O.C14H12O3/c1-18-14-19(2)16-22(15-18)9-8-20-10-12-23(13-11-20)24-17-21-6-4-3-5-7-21;1-17-13-20(15-21(23)14-17)8-7-18-9-11-22(12-10-18)24-16-19-5-3-2-4-6-19;1-12-9-13(2)11-15(10-12)4-3-14-5-7-16(17)8-6-14;15-12-5-3-10(4-6-12)1-2-11-7-13(16)9-14(17)8-11/h3-16H,17H2,1-2H3;2-15,23H,16H2,1H3;3-11,17H,1-2H3;1-9,15-17H/b9-8+;8-7+;4-3+;2-1+. The first-order chi connectivity index (χ1) is 39.6. The number of hydrogen-bond acceptors (Lipinski definition) is 7. The Morgan fingerprint density at radius 1 is 0.244 bits per heavy atom. The van der Waals surface area contributed by atoms with Crippen LogP contribution in [0.15, 0.2) is 231 Å². The largest absolute Gasteiger partial charge is 0.508 e. The molecule has 0 bridgehead atoms. The van der Waals surface area contributed by atoms with Crippen molar-refractivity contribution in [2.45, 2.75) is 47.8 Å². The van der Waals surface area contributed by atoms with Crippen molar-refractivity contribution < 1.29 is 35.0 Å². The Morgan fingerprint density at radius 3 is 0.817 bits per heavy atom. The summed E-state index contributed by atoms with van der Waals surface area (Å²) in [7, 11) is 0. The van der Waals surface area contributed by atoms with Crippen LogP contribution in [0.2, 0.25) is 0 Å². The molecule has 82 heavy (non-hydrogen) atoms. The lowest BCUT2D eigenvalue weighted by Crippen LogP contribution is -1.94. The van der Waals surface area contributed by atoms with Gasteiger partial charge in [0.2, 0.25) is 0 Å². The predicted molar refractivity (Wildman–Crippen MR) is 341 cm³/mol. The van der Waals surface area contributed by atoms with E-state index in [9.17, 15) is 20.4 Å². The Labute approximate surface area is 483 Å². The van der Waals surface area contributed by atoms with E-state index in [0.29, 0.717) is 30.3 Å². The zero-order valence-corrected chi connectivity index (χ0v) is 47.0. The first-order valence-corrected chi connectivity index (χ1v) is 27.0. The number of phenols is 5. The molecule has 10 aromatic carbocycles. The number of aryl methyl sites for hydroxylation is 5. The summed E-state index contributed by atoms with van der Waals surface area (Å²) in [5.41, 5.74) is 16.9. The van der Waals surface area contributed by atoms with Gasteiger partial charge in [0.05, 0.1) is 0 Å². The molecule has 0 atom stereocenters. The van der Waals surface area contributed by atoms with E-state index in [2.05, 4.69) is 107 Å². The van der Waals surface area contributed by atoms with E-state index >= 15 is 0 Å². The Bertz CT molecular complexity index is 3360. The molecule has 10 rings (SSSR count). The Morgan fingerprint density at radius 2 is 0.500 bits per heavy atom. The molecule has 0 radical (unpaired) electrons. The summed E-state index contributed by atoms with van der Waals surface area (Å²) in [5.74, 6) is 2.60. The van der Waals surface area contributed by atoms with Crippen LogP contribution in [0.25, 0.3) is 48.6 Å². The molecule has 0 unspecified atom stereocenters. The van der Waals surface area contributed by atoms with Crippen molar-refractivity contribution in [3.8, 4) is 40.2 Å². The van der Waals surface area contributed by atoms with Gasteiger partial charge in [-0.3, -0.25) is 0 Å². The summed E-state index contributed by atoms with van der Waals surface area (Å²) >= 11 is 0. The summed E-state index contributed by atoms with van der Waals surface area (Å²) in [4.78, 5) is 0. The van der Waals surface area contributed by atoms with E-state index in [1.807, 2.05) is 134 Å². The summed E-state index contributed by atoms with van der Waals surface area (Å²) in [6.07, 6.45) is 16.0. The van der Waals surface area contributed by atoms with Gasteiger partial charge >= 0.3 is 0 Å². The van der Waals surface area contributed by atoms with E-state index in [1.54, 1.807) is 66.7 Å². The molecule has 0 saturated heterocycles. The molecule has 0 spiro atoms. The Kier molecular flexibility index (Phi) is 22.3. The fourth-order valence-corrected chi connectivity index (χ4v) is 8.59. The molecule has 5 N–H and O–H groups in total. The van der Waals surface area contributed by atoms with E-state index in [1.165, 1.54) is 50.6 Å². The van der Waals surface area contributed by atoms with Crippen LogP contribution in [-0.4, -0.2) is 25.5 Å². The van der Waals surface area contributed by atoms with Gasteiger partial charge in [-0.25, -0.2) is 0 Å². The molecule has 0 aliphatic heterocycles. The fraction of sp³-hybridized carbons (Fsp3) is 0.0933.